The maximum absolute atomic E-state index is 8.16. The Labute approximate surface area is 516 Å². The van der Waals surface area contributed by atoms with Crippen LogP contribution in [-0.2, 0) is 0 Å². The smallest absolute Gasteiger partial charge is 0.256 e. The molecule has 5 heterocycles. The molecule has 0 atom stereocenters. The largest absolute Gasteiger partial charge is 0.458 e. The summed E-state index contributed by atoms with van der Waals surface area (Å²) in [7, 11) is 0. The number of benzene rings is 13. The Balaban J connectivity index is 0.962. The highest BCUT2D eigenvalue weighted by Gasteiger charge is 2.50. The van der Waals surface area contributed by atoms with Crippen molar-refractivity contribution >= 4 is 126 Å². The summed E-state index contributed by atoms with van der Waals surface area (Å²) in [4.78, 5) is 12.1. The Bertz CT molecular complexity index is 4510. The van der Waals surface area contributed by atoms with Crippen LogP contribution in [0.15, 0.2) is 319 Å². The summed E-state index contributed by atoms with van der Waals surface area (Å²) in [6.45, 7) is -0.399. The zero-order valence-electron chi connectivity index (χ0n) is 47.7. The third kappa shape index (κ3) is 7.87. The molecule has 0 N–H and O–H groups in total. The van der Waals surface area contributed by atoms with E-state index in [2.05, 4.69) is 329 Å². The van der Waals surface area contributed by atoms with Gasteiger partial charge in [-0.25, -0.2) is 0 Å². The fourth-order valence-electron chi connectivity index (χ4n) is 14.6. The molecule has 0 saturated carbocycles. The molecule has 0 aromatic heterocycles. The molecule has 88 heavy (non-hydrogen) atoms. The van der Waals surface area contributed by atoms with E-state index in [1.165, 1.54) is 31.6 Å². The van der Waals surface area contributed by atoms with Crippen LogP contribution in [0, 0.1) is 0 Å². The Morgan fingerprint density at radius 3 is 1.23 bits per heavy atom. The fraction of sp³-hybridized carbons (Fsp3) is 0.0127. The molecule has 9 heteroatoms. The van der Waals surface area contributed by atoms with Gasteiger partial charge in [-0.05, 0) is 143 Å². The molecule has 0 unspecified atom stereocenters. The van der Waals surface area contributed by atoms with Gasteiger partial charge in [0.15, 0.2) is 0 Å². The first-order valence-corrected chi connectivity index (χ1v) is 31.0. The molecule has 5 aliphatic rings. The summed E-state index contributed by atoms with van der Waals surface area (Å²) in [6, 6.07) is 112. The highest BCUT2D eigenvalue weighted by Crippen LogP contribution is 2.56. The third-order valence-corrected chi connectivity index (χ3v) is 19.4. The van der Waals surface area contributed by atoms with Crippen molar-refractivity contribution in [3.05, 3.63) is 326 Å². The van der Waals surface area contributed by atoms with Gasteiger partial charge in [0.2, 0.25) is 6.71 Å². The Kier molecular flexibility index (Phi) is 11.7. The SMILES string of the molecule is c1ccc(N(c2ccccc2)c2cc3c4c(c2)N(c2ccccc2)c2ccccc2B4c2cc4c(c(C5c6ccccc6Oc6ccccc65)c2O3)Sc2cc(N(c3ccccc3)c3ccccc3)cc3c2B4c2ccccc2N3c2ccccc2)cc1. The predicted molar refractivity (Wildman–Crippen MR) is 365 cm³/mol. The number of ether oxygens (including phenoxy) is 2. The Hall–Kier alpha value is -10.9. The standard InChI is InChI=1S/C79H52B2N4O2S/c1-7-27-52(28-8-1)82(53-29-9-2-10-30-53)58-47-68-76-72(49-58)87-78-64(80(76)62-41-21-23-43-66(62)84(68)56-35-15-5-16-36-56)51-65-79(75(78)74-60-39-19-25-45-70(60)86-71-46-26-20-40-61(71)74)88-73-50-59(83(54-31-11-3-12-32-54)55-33-13-4-14-34-55)48-69-77(73)81(65)63-42-22-24-44-67(63)85(69)57-37-17-6-18-38-57/h1-51,74H. The predicted octanol–water partition coefficient (Wildman–Crippen LogP) is 17.1. The van der Waals surface area contributed by atoms with E-state index in [9.17, 15) is 0 Å². The third-order valence-electron chi connectivity index (χ3n) is 18.2. The number of para-hydroxylation sites is 10. The molecule has 0 fully saturated rings. The second-order valence-electron chi connectivity index (χ2n) is 23.0. The molecule has 13 aromatic rings. The molecule has 0 radical (unpaired) electrons. The minimum atomic E-state index is -0.291. The molecule has 6 nitrogen and oxygen atoms in total. The molecule has 0 aliphatic carbocycles. The van der Waals surface area contributed by atoms with E-state index in [-0.39, 0.29) is 19.3 Å². The van der Waals surface area contributed by atoms with Crippen LogP contribution < -0.4 is 61.9 Å². The first kappa shape index (κ1) is 50.5. The average molecular weight is 1140 g/mol. The van der Waals surface area contributed by atoms with E-state index >= 15 is 0 Å². The number of hydrogen-bond acceptors (Lipinski definition) is 7. The second kappa shape index (κ2) is 20.4. The lowest BCUT2D eigenvalue weighted by Gasteiger charge is -2.44. The summed E-state index contributed by atoms with van der Waals surface area (Å²) >= 11 is 1.89. The van der Waals surface area contributed by atoms with E-state index in [4.69, 9.17) is 9.47 Å². The van der Waals surface area contributed by atoms with Crippen LogP contribution in [0.5, 0.6) is 23.0 Å². The molecule has 13 aromatic carbocycles. The number of fused-ring (bicyclic) bond motifs is 10. The normalized spacial score (nSPS) is 13.5. The lowest BCUT2D eigenvalue weighted by atomic mass is 9.31. The second-order valence-corrected chi connectivity index (χ2v) is 24.1. The van der Waals surface area contributed by atoms with Crippen molar-refractivity contribution in [2.45, 2.75) is 15.7 Å². The molecule has 5 aliphatic heterocycles. The van der Waals surface area contributed by atoms with Crippen LogP contribution in [-0.4, -0.2) is 13.4 Å². The highest BCUT2D eigenvalue weighted by molar-refractivity contribution is 8.00. The topological polar surface area (TPSA) is 31.4 Å². The number of nitrogens with zero attached hydrogens (tertiary/aromatic N) is 4. The zero-order valence-corrected chi connectivity index (χ0v) is 48.5. The summed E-state index contributed by atoms with van der Waals surface area (Å²) in [5.41, 5.74) is 23.6. The van der Waals surface area contributed by atoms with Crippen molar-refractivity contribution in [3.63, 3.8) is 0 Å². The minimum absolute atomic E-state index is 0.170. The van der Waals surface area contributed by atoms with Crippen molar-refractivity contribution < 1.29 is 9.47 Å². The van der Waals surface area contributed by atoms with Crippen molar-refractivity contribution in [3.8, 4) is 23.0 Å². The summed E-state index contributed by atoms with van der Waals surface area (Å²) in [5.74, 6) is 3.09. The van der Waals surface area contributed by atoms with Crippen LogP contribution in [0.3, 0.4) is 0 Å². The molecule has 0 spiro atoms. The minimum Gasteiger partial charge on any atom is -0.458 e. The number of rotatable bonds is 9. The lowest BCUT2D eigenvalue weighted by Crippen LogP contribution is -2.64. The maximum Gasteiger partial charge on any atom is 0.256 e. The van der Waals surface area contributed by atoms with Gasteiger partial charge in [0.05, 0.1) is 5.69 Å². The number of anilines is 12. The number of hydrogen-bond donors (Lipinski definition) is 0. The van der Waals surface area contributed by atoms with Crippen LogP contribution >= 0.6 is 11.8 Å². The van der Waals surface area contributed by atoms with E-state index < -0.39 is 0 Å². The van der Waals surface area contributed by atoms with E-state index in [1.807, 2.05) is 11.8 Å². The van der Waals surface area contributed by atoms with Gasteiger partial charge in [0.25, 0.3) is 6.71 Å². The van der Waals surface area contributed by atoms with Gasteiger partial charge in [-0.3, -0.25) is 0 Å². The van der Waals surface area contributed by atoms with E-state index in [1.54, 1.807) is 0 Å². The Morgan fingerprint density at radius 2 is 0.727 bits per heavy atom. The van der Waals surface area contributed by atoms with Gasteiger partial charge in [-0.1, -0.05) is 205 Å². The highest BCUT2D eigenvalue weighted by atomic mass is 32.2. The Morgan fingerprint density at radius 1 is 0.318 bits per heavy atom. The summed E-state index contributed by atoms with van der Waals surface area (Å²) in [5, 5.41) is 0. The van der Waals surface area contributed by atoms with Gasteiger partial charge >= 0.3 is 0 Å². The van der Waals surface area contributed by atoms with E-state index in [0.29, 0.717) is 0 Å². The van der Waals surface area contributed by atoms with Gasteiger partial charge in [-0.2, -0.15) is 0 Å². The van der Waals surface area contributed by atoms with Crippen molar-refractivity contribution in [2.24, 2.45) is 0 Å². The molecule has 0 saturated heterocycles. The van der Waals surface area contributed by atoms with Crippen molar-refractivity contribution in [2.75, 3.05) is 19.6 Å². The van der Waals surface area contributed by atoms with Gasteiger partial charge < -0.3 is 29.1 Å². The average Bonchev–Trinajstić information content (AvgIpc) is 0.744. The van der Waals surface area contributed by atoms with Gasteiger partial charge in [-0.15, -0.1) is 0 Å². The molecule has 18 rings (SSSR count). The quantitative estimate of drug-likeness (QED) is 0.133. The fourth-order valence-corrected chi connectivity index (χ4v) is 16.0. The van der Waals surface area contributed by atoms with Crippen LogP contribution in [0.25, 0.3) is 0 Å². The van der Waals surface area contributed by atoms with Crippen molar-refractivity contribution in [1.82, 2.24) is 0 Å². The van der Waals surface area contributed by atoms with Gasteiger partial charge in [0.1, 0.15) is 23.0 Å². The lowest BCUT2D eigenvalue weighted by molar-refractivity contribution is 0.445. The zero-order chi connectivity index (χ0) is 57.8. The molecular weight excluding hydrogens is 1090 g/mol. The summed E-state index contributed by atoms with van der Waals surface area (Å²) < 4.78 is 15.1. The molecular formula is C79H52B2N4O2S. The molecule has 412 valence electrons. The summed E-state index contributed by atoms with van der Waals surface area (Å²) in [6.07, 6.45) is 0. The van der Waals surface area contributed by atoms with Crippen LogP contribution in [0.1, 0.15) is 22.6 Å². The van der Waals surface area contributed by atoms with Gasteiger partial charge in [0, 0.05) is 101 Å². The van der Waals surface area contributed by atoms with Crippen LogP contribution in [0.2, 0.25) is 0 Å². The first-order valence-electron chi connectivity index (χ1n) is 30.2. The monoisotopic (exact) mass is 1140 g/mol. The van der Waals surface area contributed by atoms with Crippen LogP contribution in [0.4, 0.5) is 68.2 Å². The molecule has 0 amide bonds. The van der Waals surface area contributed by atoms with E-state index in [0.717, 1.165) is 119 Å². The first-order chi connectivity index (χ1) is 43.7. The maximum atomic E-state index is 8.16. The molecule has 0 bridgehead atoms. The van der Waals surface area contributed by atoms with Crippen molar-refractivity contribution in [1.29, 1.82) is 0 Å².